The number of hydrogen-bond donors (Lipinski definition) is 1. The first kappa shape index (κ1) is 19.5. The van der Waals surface area contributed by atoms with Gasteiger partial charge in [-0.15, -0.1) is 11.3 Å². The summed E-state index contributed by atoms with van der Waals surface area (Å²) in [6.45, 7) is 4.23. The van der Waals surface area contributed by atoms with Crippen LogP contribution in [0.4, 0.5) is 0 Å². The van der Waals surface area contributed by atoms with E-state index in [0.29, 0.717) is 34.3 Å². The Morgan fingerprint density at radius 3 is 2.54 bits per heavy atom. The van der Waals surface area contributed by atoms with Crippen molar-refractivity contribution in [3.8, 4) is 11.5 Å². The molecule has 0 aliphatic carbocycles. The number of nitrogens with zero attached hydrogens (tertiary/aromatic N) is 1. The average molecular weight is 375 g/mol. The molecule has 0 bridgehead atoms. The number of hydrazone groups is 1. The second kappa shape index (κ2) is 9.00. The van der Waals surface area contributed by atoms with E-state index in [4.69, 9.17) is 9.47 Å². The predicted molar refractivity (Wildman–Crippen MR) is 97.1 cm³/mol. The number of carbonyl (C=O) groups excluding carboxylic acids is 2. The van der Waals surface area contributed by atoms with Crippen molar-refractivity contribution < 1.29 is 24.2 Å². The summed E-state index contributed by atoms with van der Waals surface area (Å²) in [5.74, 6) is -0.625. The summed E-state index contributed by atoms with van der Waals surface area (Å²) in [5.41, 5.74) is 3.30. The van der Waals surface area contributed by atoms with E-state index in [-0.39, 0.29) is 4.88 Å². The average Bonchev–Trinajstić information content (AvgIpc) is 3.14. The van der Waals surface area contributed by atoms with Gasteiger partial charge in [-0.2, -0.15) is 5.10 Å². The highest BCUT2D eigenvalue weighted by atomic mass is 32.1. The SMILES string of the molecule is CCCOc1ccc(C(=O)N/N=C(/C)c2ccc(C(=O)[O-])s2)cc1OC. The Morgan fingerprint density at radius 2 is 1.92 bits per heavy atom. The zero-order valence-electron chi connectivity index (χ0n) is 14.7. The summed E-state index contributed by atoms with van der Waals surface area (Å²) in [7, 11) is 1.50. The van der Waals surface area contributed by atoms with Crippen LogP contribution >= 0.6 is 11.3 Å². The van der Waals surface area contributed by atoms with Gasteiger partial charge in [-0.3, -0.25) is 4.79 Å². The molecular formula is C18H19N2O5S-. The van der Waals surface area contributed by atoms with Crippen LogP contribution < -0.4 is 20.0 Å². The van der Waals surface area contributed by atoms with Gasteiger partial charge in [0.15, 0.2) is 11.5 Å². The maximum absolute atomic E-state index is 12.3. The molecule has 0 saturated carbocycles. The minimum atomic E-state index is -1.24. The molecule has 1 amide bonds. The van der Waals surface area contributed by atoms with E-state index in [1.165, 1.54) is 13.2 Å². The summed E-state index contributed by atoms with van der Waals surface area (Å²) in [4.78, 5) is 23.8. The van der Waals surface area contributed by atoms with Gasteiger partial charge in [-0.25, -0.2) is 5.43 Å². The van der Waals surface area contributed by atoms with Crippen LogP contribution in [0.5, 0.6) is 11.5 Å². The van der Waals surface area contributed by atoms with E-state index < -0.39 is 11.9 Å². The maximum atomic E-state index is 12.3. The zero-order valence-corrected chi connectivity index (χ0v) is 15.5. The smallest absolute Gasteiger partial charge is 0.271 e. The fraction of sp³-hybridized carbons (Fsp3) is 0.278. The lowest BCUT2D eigenvalue weighted by Crippen LogP contribution is -2.20. The number of hydrogen-bond acceptors (Lipinski definition) is 7. The molecule has 0 aliphatic rings. The fourth-order valence-corrected chi connectivity index (χ4v) is 2.82. The Bertz CT molecular complexity index is 829. The number of carboxylic acid groups (broad SMARTS) is 1. The number of carboxylic acids is 1. The number of ether oxygens (including phenoxy) is 2. The Kier molecular flexibility index (Phi) is 6.74. The highest BCUT2D eigenvalue weighted by molar-refractivity contribution is 7.15. The van der Waals surface area contributed by atoms with E-state index in [1.54, 1.807) is 31.2 Å². The van der Waals surface area contributed by atoms with Crippen LogP contribution in [-0.2, 0) is 0 Å². The van der Waals surface area contributed by atoms with Gasteiger partial charge < -0.3 is 19.4 Å². The Morgan fingerprint density at radius 1 is 1.19 bits per heavy atom. The second-order valence-electron chi connectivity index (χ2n) is 5.30. The molecule has 0 unspecified atom stereocenters. The molecule has 1 heterocycles. The number of methoxy groups -OCH3 is 1. The maximum Gasteiger partial charge on any atom is 0.271 e. The number of benzene rings is 1. The van der Waals surface area contributed by atoms with Crippen LogP contribution in [-0.4, -0.2) is 31.3 Å². The molecule has 0 fully saturated rings. The third-order valence-corrected chi connectivity index (χ3v) is 4.55. The van der Waals surface area contributed by atoms with E-state index in [9.17, 15) is 14.7 Å². The lowest BCUT2D eigenvalue weighted by molar-refractivity contribution is -0.254. The largest absolute Gasteiger partial charge is 0.544 e. The highest BCUT2D eigenvalue weighted by Gasteiger charge is 2.11. The Balaban J connectivity index is 2.09. The van der Waals surface area contributed by atoms with Crippen molar-refractivity contribution in [1.29, 1.82) is 0 Å². The standard InChI is InChI=1S/C18H20N2O5S/c1-4-9-25-13-6-5-12(10-14(13)24-3)17(21)20-19-11(2)15-7-8-16(26-15)18(22)23/h5-8,10H,4,9H2,1-3H3,(H,20,21)(H,22,23)/p-1/b19-11-. The molecule has 1 aromatic heterocycles. The monoisotopic (exact) mass is 375 g/mol. The molecule has 2 rings (SSSR count). The van der Waals surface area contributed by atoms with Gasteiger partial charge in [-0.1, -0.05) is 6.92 Å². The molecule has 0 spiro atoms. The molecule has 0 radical (unpaired) electrons. The van der Waals surface area contributed by atoms with Gasteiger partial charge in [0.05, 0.1) is 35.2 Å². The van der Waals surface area contributed by atoms with Gasteiger partial charge in [0, 0.05) is 5.56 Å². The molecule has 8 heteroatoms. The quantitative estimate of drug-likeness (QED) is 0.562. The number of carbonyl (C=O) groups is 2. The molecule has 2 aromatic rings. The van der Waals surface area contributed by atoms with Crippen LogP contribution in [0.3, 0.4) is 0 Å². The predicted octanol–water partition coefficient (Wildman–Crippen LogP) is 2.06. The highest BCUT2D eigenvalue weighted by Crippen LogP contribution is 2.28. The molecule has 0 atom stereocenters. The molecule has 138 valence electrons. The van der Waals surface area contributed by atoms with Crippen molar-refractivity contribution >= 4 is 28.9 Å². The first-order chi connectivity index (χ1) is 12.5. The fourth-order valence-electron chi connectivity index (χ4n) is 2.04. The molecule has 1 aromatic carbocycles. The van der Waals surface area contributed by atoms with Gasteiger partial charge in [0.25, 0.3) is 5.91 Å². The topological polar surface area (TPSA) is 100 Å². The minimum absolute atomic E-state index is 0.105. The summed E-state index contributed by atoms with van der Waals surface area (Å²) in [6, 6.07) is 7.92. The van der Waals surface area contributed by atoms with Crippen LogP contribution in [0.2, 0.25) is 0 Å². The summed E-state index contributed by atoms with van der Waals surface area (Å²) in [5, 5.41) is 14.8. The van der Waals surface area contributed by atoms with Crippen LogP contribution in [0.1, 0.15) is 45.2 Å². The molecule has 26 heavy (non-hydrogen) atoms. The molecule has 0 saturated heterocycles. The van der Waals surface area contributed by atoms with Crippen molar-refractivity contribution in [2.45, 2.75) is 20.3 Å². The number of rotatable bonds is 8. The van der Waals surface area contributed by atoms with E-state index in [1.807, 2.05) is 6.92 Å². The molecule has 0 aliphatic heterocycles. The molecular weight excluding hydrogens is 356 g/mol. The van der Waals surface area contributed by atoms with Gasteiger partial charge in [0.1, 0.15) is 0 Å². The lowest BCUT2D eigenvalue weighted by atomic mass is 10.2. The molecule has 7 nitrogen and oxygen atoms in total. The summed E-state index contributed by atoms with van der Waals surface area (Å²) >= 11 is 1.03. The first-order valence-corrected chi connectivity index (χ1v) is 8.75. The van der Waals surface area contributed by atoms with Crippen molar-refractivity contribution in [3.05, 3.63) is 45.6 Å². The zero-order chi connectivity index (χ0) is 19.1. The lowest BCUT2D eigenvalue weighted by Gasteiger charge is -2.11. The normalized spacial score (nSPS) is 11.1. The first-order valence-electron chi connectivity index (χ1n) is 7.93. The minimum Gasteiger partial charge on any atom is -0.544 e. The Labute approximate surface area is 155 Å². The van der Waals surface area contributed by atoms with Crippen molar-refractivity contribution in [2.24, 2.45) is 5.10 Å². The molecule has 1 N–H and O–H groups in total. The van der Waals surface area contributed by atoms with Crippen LogP contribution in [0.15, 0.2) is 35.4 Å². The van der Waals surface area contributed by atoms with Gasteiger partial charge >= 0.3 is 0 Å². The summed E-state index contributed by atoms with van der Waals surface area (Å²) in [6.07, 6.45) is 0.863. The van der Waals surface area contributed by atoms with Crippen molar-refractivity contribution in [2.75, 3.05) is 13.7 Å². The van der Waals surface area contributed by atoms with Crippen molar-refractivity contribution in [1.82, 2.24) is 5.43 Å². The van der Waals surface area contributed by atoms with Crippen LogP contribution in [0.25, 0.3) is 0 Å². The number of aromatic carboxylic acids is 1. The van der Waals surface area contributed by atoms with Gasteiger partial charge in [-0.05, 0) is 43.7 Å². The second-order valence-corrected chi connectivity index (χ2v) is 6.39. The number of thiophene rings is 1. The van der Waals surface area contributed by atoms with Crippen molar-refractivity contribution in [3.63, 3.8) is 0 Å². The van der Waals surface area contributed by atoms with Crippen LogP contribution in [0, 0.1) is 0 Å². The van der Waals surface area contributed by atoms with E-state index in [0.717, 1.165) is 17.8 Å². The Hall–Kier alpha value is -2.87. The van der Waals surface area contributed by atoms with E-state index >= 15 is 0 Å². The number of amides is 1. The third-order valence-electron chi connectivity index (χ3n) is 3.38. The number of nitrogens with one attached hydrogen (secondary N) is 1. The third kappa shape index (κ3) is 4.82. The van der Waals surface area contributed by atoms with E-state index in [2.05, 4.69) is 10.5 Å². The summed E-state index contributed by atoms with van der Waals surface area (Å²) < 4.78 is 10.8. The van der Waals surface area contributed by atoms with Gasteiger partial charge in [0.2, 0.25) is 0 Å².